The molecule has 3 N–H and O–H groups in total. The van der Waals surface area contributed by atoms with E-state index in [1.165, 1.54) is 24.3 Å². The molecule has 2 rings (SSSR count). The van der Waals surface area contributed by atoms with Crippen LogP contribution in [0.4, 0.5) is 5.69 Å². The zero-order chi connectivity index (χ0) is 14.8. The van der Waals surface area contributed by atoms with Crippen LogP contribution in [0.25, 0.3) is 0 Å². The van der Waals surface area contributed by atoms with E-state index >= 15 is 0 Å². The normalized spacial score (nSPS) is 20.4. The average Bonchev–Trinajstić information content (AvgIpc) is 2.38. The fourth-order valence-corrected chi connectivity index (χ4v) is 2.35. The van der Waals surface area contributed by atoms with E-state index in [2.05, 4.69) is 4.99 Å². The number of rotatable bonds is 3. The molecular weight excluding hydrogens is 307 g/mol. The van der Waals surface area contributed by atoms with Crippen LogP contribution < -0.4 is 34.7 Å². The SMILES string of the molecule is NS(=O)(=O)c1ccc(N=C2CCCC(C(=O)O)O2)cc1.[Na+]. The fraction of sp³-hybridized carbons (Fsp3) is 0.333. The Kier molecular flexibility index (Phi) is 6.36. The minimum atomic E-state index is -3.73. The second-order valence-electron chi connectivity index (χ2n) is 4.38. The molecular formula is C12H14N2NaO5S+. The molecule has 1 saturated heterocycles. The number of hydrogen-bond acceptors (Lipinski definition) is 5. The van der Waals surface area contributed by atoms with Crippen molar-refractivity contribution in [3.05, 3.63) is 24.3 Å². The standard InChI is InChI=1S/C12H14N2O5S.Na/c13-20(17,18)9-6-4-8(5-7-9)14-11-3-1-2-10(19-11)12(15)16;/h4-7,10H,1-3H2,(H,15,16)(H2,13,17,18);/q;+1. The predicted molar refractivity (Wildman–Crippen MR) is 71.3 cm³/mol. The third kappa shape index (κ3) is 5.08. The Morgan fingerprint density at radius 2 is 1.95 bits per heavy atom. The molecule has 0 bridgehead atoms. The number of aliphatic imine (C=N–C) groups is 1. The van der Waals surface area contributed by atoms with Crippen LogP contribution in [0, 0.1) is 0 Å². The van der Waals surface area contributed by atoms with Crippen LogP contribution in [0.5, 0.6) is 0 Å². The van der Waals surface area contributed by atoms with Gasteiger partial charge in [-0.25, -0.2) is 23.3 Å². The Morgan fingerprint density at radius 1 is 1.33 bits per heavy atom. The first kappa shape index (κ1) is 18.1. The molecule has 0 aliphatic carbocycles. The van der Waals surface area contributed by atoms with Crippen molar-refractivity contribution in [1.82, 2.24) is 0 Å². The van der Waals surface area contributed by atoms with Crippen LogP contribution in [0.15, 0.2) is 34.2 Å². The maximum absolute atomic E-state index is 11.1. The summed E-state index contributed by atoms with van der Waals surface area (Å²) in [5.74, 6) is -0.672. The van der Waals surface area contributed by atoms with Gasteiger partial charge >= 0.3 is 35.5 Å². The summed E-state index contributed by atoms with van der Waals surface area (Å²) < 4.78 is 27.5. The Morgan fingerprint density at radius 3 is 2.48 bits per heavy atom. The van der Waals surface area contributed by atoms with Gasteiger partial charge in [-0.2, -0.15) is 0 Å². The molecule has 21 heavy (non-hydrogen) atoms. The fourth-order valence-electron chi connectivity index (χ4n) is 1.83. The Hall–Kier alpha value is -0.930. The number of nitrogens with zero attached hydrogens (tertiary/aromatic N) is 1. The first-order valence-corrected chi connectivity index (χ1v) is 7.51. The monoisotopic (exact) mass is 321 g/mol. The third-order valence-electron chi connectivity index (χ3n) is 2.83. The quantitative estimate of drug-likeness (QED) is 0.625. The van der Waals surface area contributed by atoms with E-state index in [-0.39, 0.29) is 34.5 Å². The van der Waals surface area contributed by atoms with Gasteiger partial charge in [-0.05, 0) is 37.1 Å². The molecule has 1 fully saturated rings. The molecule has 0 spiro atoms. The van der Waals surface area contributed by atoms with Crippen molar-refractivity contribution >= 4 is 27.6 Å². The molecule has 1 aliphatic rings. The van der Waals surface area contributed by atoms with E-state index in [0.29, 0.717) is 30.8 Å². The van der Waals surface area contributed by atoms with Crippen LogP contribution in [0.2, 0.25) is 0 Å². The molecule has 1 aromatic rings. The molecule has 0 aromatic heterocycles. The number of aliphatic carboxylic acids is 1. The molecule has 108 valence electrons. The minimum Gasteiger partial charge on any atom is -0.479 e. The van der Waals surface area contributed by atoms with Crippen molar-refractivity contribution in [2.75, 3.05) is 0 Å². The van der Waals surface area contributed by atoms with Crippen LogP contribution in [-0.2, 0) is 19.6 Å². The summed E-state index contributed by atoms with van der Waals surface area (Å²) in [4.78, 5) is 15.0. The summed E-state index contributed by atoms with van der Waals surface area (Å²) in [6.07, 6.45) is 0.830. The maximum Gasteiger partial charge on any atom is 1.00 e. The van der Waals surface area contributed by atoms with E-state index in [1.807, 2.05) is 0 Å². The summed E-state index contributed by atoms with van der Waals surface area (Å²) in [7, 11) is -3.73. The van der Waals surface area contributed by atoms with Crippen LogP contribution in [0.1, 0.15) is 19.3 Å². The Bertz CT molecular complexity index is 642. The van der Waals surface area contributed by atoms with Gasteiger partial charge in [-0.1, -0.05) is 0 Å². The first-order chi connectivity index (χ1) is 9.36. The number of carbonyl (C=O) groups is 1. The predicted octanol–water partition coefficient (Wildman–Crippen LogP) is -1.98. The minimum absolute atomic E-state index is 0. The van der Waals surface area contributed by atoms with Crippen molar-refractivity contribution < 1.29 is 52.6 Å². The van der Waals surface area contributed by atoms with Crippen molar-refractivity contribution in [2.24, 2.45) is 10.1 Å². The van der Waals surface area contributed by atoms with Crippen molar-refractivity contribution in [1.29, 1.82) is 0 Å². The number of nitrogens with two attached hydrogens (primary N) is 1. The number of carboxylic acid groups (broad SMARTS) is 1. The zero-order valence-electron chi connectivity index (χ0n) is 11.5. The molecule has 1 aromatic carbocycles. The van der Waals surface area contributed by atoms with Crippen molar-refractivity contribution in [3.63, 3.8) is 0 Å². The van der Waals surface area contributed by atoms with Gasteiger partial charge in [0.1, 0.15) is 0 Å². The van der Waals surface area contributed by atoms with Crippen LogP contribution in [0.3, 0.4) is 0 Å². The van der Waals surface area contributed by atoms with Gasteiger partial charge < -0.3 is 9.84 Å². The molecule has 9 heteroatoms. The van der Waals surface area contributed by atoms with Gasteiger partial charge in [0, 0.05) is 6.42 Å². The summed E-state index contributed by atoms with van der Waals surface area (Å²) in [5, 5.41) is 13.9. The van der Waals surface area contributed by atoms with Crippen LogP contribution >= 0.6 is 0 Å². The van der Waals surface area contributed by atoms with Gasteiger partial charge in [0.25, 0.3) is 0 Å². The van der Waals surface area contributed by atoms with Crippen molar-refractivity contribution in [3.8, 4) is 0 Å². The van der Waals surface area contributed by atoms with Gasteiger partial charge in [0.2, 0.25) is 10.0 Å². The Balaban J connectivity index is 0.00000220. The molecule has 0 amide bonds. The number of benzene rings is 1. The second-order valence-corrected chi connectivity index (χ2v) is 5.94. The number of primary sulfonamides is 1. The van der Waals surface area contributed by atoms with E-state index in [9.17, 15) is 13.2 Å². The van der Waals surface area contributed by atoms with Gasteiger partial charge in [-0.15, -0.1) is 0 Å². The average molecular weight is 321 g/mol. The molecule has 1 atom stereocenters. The van der Waals surface area contributed by atoms with E-state index in [1.54, 1.807) is 0 Å². The van der Waals surface area contributed by atoms with E-state index < -0.39 is 22.1 Å². The first-order valence-electron chi connectivity index (χ1n) is 5.96. The van der Waals surface area contributed by atoms with Gasteiger partial charge in [-0.3, -0.25) is 0 Å². The van der Waals surface area contributed by atoms with Gasteiger partial charge in [0.15, 0.2) is 12.0 Å². The van der Waals surface area contributed by atoms with E-state index in [4.69, 9.17) is 15.0 Å². The number of carboxylic acids is 1. The number of hydrogen-bond donors (Lipinski definition) is 2. The number of ether oxygens (including phenoxy) is 1. The second kappa shape index (κ2) is 7.37. The largest absolute Gasteiger partial charge is 1.00 e. The summed E-state index contributed by atoms with van der Waals surface area (Å²) in [5.41, 5.74) is 0.485. The smallest absolute Gasteiger partial charge is 0.479 e. The molecule has 0 radical (unpaired) electrons. The molecule has 1 aliphatic heterocycles. The summed E-state index contributed by atoms with van der Waals surface area (Å²) in [6.45, 7) is 0. The number of sulfonamides is 1. The van der Waals surface area contributed by atoms with Crippen molar-refractivity contribution in [2.45, 2.75) is 30.3 Å². The summed E-state index contributed by atoms with van der Waals surface area (Å²) in [6, 6.07) is 5.65. The molecule has 1 unspecified atom stereocenters. The Labute approximate surface area is 144 Å². The molecule has 1 heterocycles. The van der Waals surface area contributed by atoms with Gasteiger partial charge in [0.05, 0.1) is 10.6 Å². The van der Waals surface area contributed by atoms with E-state index in [0.717, 1.165) is 0 Å². The van der Waals surface area contributed by atoms with Crippen LogP contribution in [-0.4, -0.2) is 31.5 Å². The third-order valence-corrected chi connectivity index (χ3v) is 3.76. The topological polar surface area (TPSA) is 119 Å². The molecule has 7 nitrogen and oxygen atoms in total. The summed E-state index contributed by atoms with van der Waals surface area (Å²) >= 11 is 0. The maximum atomic E-state index is 11.1. The molecule has 0 saturated carbocycles. The zero-order valence-corrected chi connectivity index (χ0v) is 14.3.